The van der Waals surface area contributed by atoms with Gasteiger partial charge in [-0.2, -0.15) is 0 Å². The van der Waals surface area contributed by atoms with Crippen LogP contribution in [0, 0.1) is 0 Å². The Morgan fingerprint density at radius 3 is 0.896 bits per heavy atom. The fraction of sp³-hybridized carbons (Fsp3) is 0.429. The average molecular weight is 653 g/mol. The maximum Gasteiger partial charge on any atom is 0.126 e. The van der Waals surface area contributed by atoms with Gasteiger partial charge in [-0.3, -0.25) is 0 Å². The zero-order chi connectivity index (χ0) is 33.9. The van der Waals surface area contributed by atoms with E-state index >= 15 is 0 Å². The summed E-state index contributed by atoms with van der Waals surface area (Å²) in [5, 5.41) is 20.8. The van der Waals surface area contributed by atoms with Crippen LogP contribution < -0.4 is 18.9 Å². The highest BCUT2D eigenvalue weighted by molar-refractivity contribution is 5.57. The monoisotopic (exact) mass is 652 g/mol. The lowest BCUT2D eigenvalue weighted by Crippen LogP contribution is -2.11. The summed E-state index contributed by atoms with van der Waals surface area (Å²) in [6, 6.07) is 21.0. The number of hydrogen-bond donors (Lipinski definition) is 2. The Balaban J connectivity index is 1.81. The van der Waals surface area contributed by atoms with Crippen LogP contribution in [-0.2, 0) is 38.9 Å². The lowest BCUT2D eigenvalue weighted by Gasteiger charge is -2.23. The highest BCUT2D eigenvalue weighted by Crippen LogP contribution is 2.40. The summed E-state index contributed by atoms with van der Waals surface area (Å²) in [7, 11) is 0. The minimum Gasteiger partial charge on any atom is -0.493 e. The van der Waals surface area contributed by atoms with Crippen molar-refractivity contribution in [3.05, 3.63) is 116 Å². The van der Waals surface area contributed by atoms with Crippen molar-refractivity contribution < 1.29 is 29.2 Å². The Bertz CT molecular complexity index is 1440. The summed E-state index contributed by atoms with van der Waals surface area (Å²) in [5.41, 5.74) is 10.1. The molecule has 1 aliphatic rings. The summed E-state index contributed by atoms with van der Waals surface area (Å²) in [6.07, 6.45) is 5.91. The summed E-state index contributed by atoms with van der Waals surface area (Å²) in [6.45, 7) is 10.8. The first-order chi connectivity index (χ1) is 23.5. The van der Waals surface area contributed by atoms with Crippen LogP contribution >= 0.6 is 0 Å². The van der Waals surface area contributed by atoms with Crippen LogP contribution in [0.15, 0.2) is 60.7 Å². The Hall–Kier alpha value is -4.00. The molecule has 48 heavy (non-hydrogen) atoms. The molecule has 0 amide bonds. The molecule has 0 heterocycles. The van der Waals surface area contributed by atoms with Crippen molar-refractivity contribution in [3.8, 4) is 23.0 Å². The van der Waals surface area contributed by atoms with E-state index in [1.165, 1.54) is 0 Å². The zero-order valence-electron chi connectivity index (χ0n) is 29.2. The third-order valence-electron chi connectivity index (χ3n) is 8.65. The molecule has 4 aromatic carbocycles. The molecule has 0 aliphatic heterocycles. The number of ether oxygens (including phenoxy) is 4. The summed E-state index contributed by atoms with van der Waals surface area (Å²) in [5.74, 6) is 3.49. The molecule has 8 bridgehead atoms. The van der Waals surface area contributed by atoms with Gasteiger partial charge in [0.25, 0.3) is 0 Å². The molecule has 4 aromatic rings. The van der Waals surface area contributed by atoms with Gasteiger partial charge >= 0.3 is 0 Å². The van der Waals surface area contributed by atoms with Crippen molar-refractivity contribution in [2.45, 2.75) is 92.3 Å². The van der Waals surface area contributed by atoms with E-state index < -0.39 is 0 Å². The standard InChI is InChI=1S/C42H52O6/c1-5-15-45-39-31-11-9-12-32(39)24-36-20-30(28-44)22-38(42(36)48-18-8-4)26-34-14-10-13-33(40(34)46-16-6-2)25-37-21-29(27-43)19-35(23-31)41(37)47-17-7-3/h9-14,19-22,43-44H,5-8,15-18,23-28H2,1-4H3. The molecule has 6 nitrogen and oxygen atoms in total. The lowest BCUT2D eigenvalue weighted by molar-refractivity contribution is 0.280. The number of rotatable bonds is 14. The highest BCUT2D eigenvalue weighted by Gasteiger charge is 2.23. The van der Waals surface area contributed by atoms with Crippen molar-refractivity contribution >= 4 is 0 Å². The molecular formula is C42H52O6. The second kappa shape index (κ2) is 17.4. The van der Waals surface area contributed by atoms with Crippen molar-refractivity contribution in [1.29, 1.82) is 0 Å². The number of benzene rings is 4. The van der Waals surface area contributed by atoms with Gasteiger partial charge in [-0.15, -0.1) is 0 Å². The molecule has 0 unspecified atom stereocenters. The van der Waals surface area contributed by atoms with E-state index in [0.29, 0.717) is 52.1 Å². The van der Waals surface area contributed by atoms with Gasteiger partial charge < -0.3 is 29.2 Å². The Labute approximate surface area is 286 Å². The first kappa shape index (κ1) is 35.3. The normalized spacial score (nSPS) is 12.5. The van der Waals surface area contributed by atoms with E-state index in [1.54, 1.807) is 0 Å². The molecule has 0 spiro atoms. The number of hydrogen-bond acceptors (Lipinski definition) is 6. The van der Waals surface area contributed by atoms with Crippen molar-refractivity contribution in [1.82, 2.24) is 0 Å². The molecule has 0 saturated heterocycles. The summed E-state index contributed by atoms with van der Waals surface area (Å²) < 4.78 is 26.2. The topological polar surface area (TPSA) is 77.4 Å². The van der Waals surface area contributed by atoms with Gasteiger partial charge in [0.2, 0.25) is 0 Å². The Kier molecular flexibility index (Phi) is 12.8. The van der Waals surface area contributed by atoms with Crippen LogP contribution in [0.5, 0.6) is 23.0 Å². The fourth-order valence-electron chi connectivity index (χ4n) is 6.57. The predicted molar refractivity (Wildman–Crippen MR) is 192 cm³/mol. The van der Waals surface area contributed by atoms with Crippen molar-refractivity contribution in [3.63, 3.8) is 0 Å². The third-order valence-corrected chi connectivity index (χ3v) is 8.65. The number of aliphatic hydroxyl groups excluding tert-OH is 2. The van der Waals surface area contributed by atoms with Gasteiger partial charge in [-0.05, 0) is 106 Å². The van der Waals surface area contributed by atoms with Crippen LogP contribution in [0.2, 0.25) is 0 Å². The highest BCUT2D eigenvalue weighted by atomic mass is 16.5. The van der Waals surface area contributed by atoms with Gasteiger partial charge in [0, 0.05) is 25.7 Å². The van der Waals surface area contributed by atoms with E-state index in [2.05, 4.69) is 88.4 Å². The quantitative estimate of drug-likeness (QED) is 0.125. The molecule has 2 N–H and O–H groups in total. The van der Waals surface area contributed by atoms with Gasteiger partial charge in [-0.25, -0.2) is 0 Å². The predicted octanol–water partition coefficient (Wildman–Crippen LogP) is 8.50. The largest absolute Gasteiger partial charge is 0.493 e. The SMILES string of the molecule is CCCOc1c2cccc1Cc1cc(CO)cc(c1OCCC)Cc1cccc(c1OCCC)Cc1cc(CO)cc(c1OCCC)C2. The van der Waals surface area contributed by atoms with E-state index in [0.717, 1.165) is 104 Å². The maximum absolute atomic E-state index is 10.4. The first-order valence-electron chi connectivity index (χ1n) is 17.8. The van der Waals surface area contributed by atoms with E-state index in [1.807, 2.05) is 0 Å². The molecule has 0 atom stereocenters. The molecule has 1 aliphatic carbocycles. The molecule has 256 valence electrons. The Morgan fingerprint density at radius 1 is 0.417 bits per heavy atom. The minimum absolute atomic E-state index is 0.0606. The van der Waals surface area contributed by atoms with Crippen LogP contribution in [-0.4, -0.2) is 36.6 Å². The summed E-state index contributed by atoms with van der Waals surface area (Å²) >= 11 is 0. The smallest absolute Gasteiger partial charge is 0.126 e. The average Bonchev–Trinajstić information content (AvgIpc) is 3.09. The second-order valence-electron chi connectivity index (χ2n) is 12.7. The fourth-order valence-corrected chi connectivity index (χ4v) is 6.57. The van der Waals surface area contributed by atoms with E-state index in [-0.39, 0.29) is 13.2 Å². The van der Waals surface area contributed by atoms with Crippen molar-refractivity contribution in [2.75, 3.05) is 26.4 Å². The molecule has 0 fully saturated rings. The third kappa shape index (κ3) is 8.34. The Morgan fingerprint density at radius 2 is 0.667 bits per heavy atom. The van der Waals surface area contributed by atoms with E-state index in [9.17, 15) is 10.2 Å². The zero-order valence-corrected chi connectivity index (χ0v) is 29.2. The van der Waals surface area contributed by atoms with Gasteiger partial charge in [0.1, 0.15) is 23.0 Å². The minimum atomic E-state index is -0.0606. The number of fused-ring (bicyclic) bond motifs is 8. The van der Waals surface area contributed by atoms with Crippen LogP contribution in [0.3, 0.4) is 0 Å². The molecule has 0 aromatic heterocycles. The van der Waals surface area contributed by atoms with Crippen LogP contribution in [0.1, 0.15) is 109 Å². The molecule has 6 heteroatoms. The van der Waals surface area contributed by atoms with E-state index in [4.69, 9.17) is 18.9 Å². The molecular weight excluding hydrogens is 600 g/mol. The van der Waals surface area contributed by atoms with Gasteiger partial charge in [-0.1, -0.05) is 64.1 Å². The van der Waals surface area contributed by atoms with Crippen LogP contribution in [0.25, 0.3) is 0 Å². The molecule has 0 saturated carbocycles. The lowest BCUT2D eigenvalue weighted by atomic mass is 9.89. The number of para-hydroxylation sites is 2. The molecule has 0 radical (unpaired) electrons. The molecule has 5 rings (SSSR count). The first-order valence-corrected chi connectivity index (χ1v) is 17.8. The maximum atomic E-state index is 10.4. The number of aliphatic hydroxyl groups is 2. The second-order valence-corrected chi connectivity index (χ2v) is 12.7. The summed E-state index contributed by atoms with van der Waals surface area (Å²) in [4.78, 5) is 0. The van der Waals surface area contributed by atoms with Crippen LogP contribution in [0.4, 0.5) is 0 Å². The van der Waals surface area contributed by atoms with Gasteiger partial charge in [0.05, 0.1) is 39.6 Å². The van der Waals surface area contributed by atoms with Gasteiger partial charge in [0.15, 0.2) is 0 Å². The van der Waals surface area contributed by atoms with Crippen molar-refractivity contribution in [2.24, 2.45) is 0 Å².